The van der Waals surface area contributed by atoms with Crippen molar-refractivity contribution in [3.8, 4) is 5.69 Å². The van der Waals surface area contributed by atoms with Crippen LogP contribution in [0.2, 0.25) is 5.02 Å². The molecule has 0 spiro atoms. The molecule has 0 N–H and O–H groups in total. The van der Waals surface area contributed by atoms with Crippen molar-refractivity contribution in [2.45, 2.75) is 38.0 Å². The molecule has 0 saturated carbocycles. The van der Waals surface area contributed by atoms with E-state index in [-0.39, 0.29) is 0 Å². The molecular weight excluding hydrogens is 360 g/mol. The van der Waals surface area contributed by atoms with Crippen LogP contribution in [0.5, 0.6) is 0 Å². The minimum Gasteiger partial charge on any atom is -0.341 e. The van der Waals surface area contributed by atoms with E-state index >= 15 is 0 Å². The summed E-state index contributed by atoms with van der Waals surface area (Å²) in [7, 11) is 0. The second-order valence-corrected chi connectivity index (χ2v) is 7.68. The van der Waals surface area contributed by atoms with Crippen molar-refractivity contribution < 1.29 is 0 Å². The summed E-state index contributed by atoms with van der Waals surface area (Å²) in [6.07, 6.45) is 8.72. The lowest BCUT2D eigenvalue weighted by Crippen LogP contribution is -2.34. The first kappa shape index (κ1) is 16.7. The van der Waals surface area contributed by atoms with Crippen LogP contribution in [0, 0.1) is 0 Å². The summed E-state index contributed by atoms with van der Waals surface area (Å²) in [6.45, 7) is 1.87. The van der Waals surface area contributed by atoms with Gasteiger partial charge in [-0.25, -0.2) is 9.97 Å². The first-order valence-corrected chi connectivity index (χ1v) is 9.92. The monoisotopic (exact) mass is 380 g/mol. The predicted molar refractivity (Wildman–Crippen MR) is 105 cm³/mol. The number of nitrogens with zero attached hydrogens (tertiary/aromatic N) is 6. The van der Waals surface area contributed by atoms with Gasteiger partial charge in [-0.15, -0.1) is 10.2 Å². The van der Waals surface area contributed by atoms with Gasteiger partial charge in [0.05, 0.1) is 5.69 Å². The van der Waals surface area contributed by atoms with Crippen molar-refractivity contribution in [3.63, 3.8) is 0 Å². The summed E-state index contributed by atoms with van der Waals surface area (Å²) in [6, 6.07) is 8.03. The van der Waals surface area contributed by atoms with E-state index in [1.165, 1.54) is 11.3 Å². The molecule has 0 unspecified atom stereocenters. The van der Waals surface area contributed by atoms with Gasteiger partial charge in [0.1, 0.15) is 11.6 Å². The lowest BCUT2D eigenvalue weighted by Gasteiger charge is -2.31. The van der Waals surface area contributed by atoms with Gasteiger partial charge in [0.2, 0.25) is 5.95 Å². The highest BCUT2D eigenvalue weighted by molar-refractivity contribution is 6.30. The topological polar surface area (TPSA) is 59.7 Å². The number of hydrogen-bond donors (Lipinski definition) is 0. The highest BCUT2D eigenvalue weighted by Gasteiger charge is 2.29. The van der Waals surface area contributed by atoms with Crippen molar-refractivity contribution in [1.82, 2.24) is 24.7 Å². The fraction of sp³-hybridized carbons (Fsp3) is 0.400. The van der Waals surface area contributed by atoms with Gasteiger partial charge in [0.15, 0.2) is 0 Å². The molecule has 5 rings (SSSR count). The van der Waals surface area contributed by atoms with Gasteiger partial charge >= 0.3 is 0 Å². The van der Waals surface area contributed by atoms with Crippen LogP contribution in [-0.4, -0.2) is 37.8 Å². The fourth-order valence-corrected chi connectivity index (χ4v) is 4.42. The normalized spacial score (nSPS) is 17.3. The smallest absolute Gasteiger partial charge is 0.225 e. The quantitative estimate of drug-likeness (QED) is 0.680. The van der Waals surface area contributed by atoms with Crippen molar-refractivity contribution >= 4 is 17.5 Å². The van der Waals surface area contributed by atoms with E-state index in [0.717, 1.165) is 67.8 Å². The van der Waals surface area contributed by atoms with Crippen LogP contribution in [0.3, 0.4) is 0 Å². The minimum atomic E-state index is 0.396. The van der Waals surface area contributed by atoms with Crippen LogP contribution in [0.25, 0.3) is 5.69 Å². The van der Waals surface area contributed by atoms with Gasteiger partial charge < -0.3 is 4.90 Å². The Hall–Kier alpha value is -2.47. The maximum absolute atomic E-state index is 6.24. The van der Waals surface area contributed by atoms with E-state index in [4.69, 9.17) is 11.6 Å². The molecule has 138 valence electrons. The Morgan fingerprint density at radius 2 is 1.81 bits per heavy atom. The highest BCUT2D eigenvalue weighted by atomic mass is 35.5. The lowest BCUT2D eigenvalue weighted by molar-refractivity contribution is 0.474. The Balaban J connectivity index is 1.44. The zero-order valence-electron chi connectivity index (χ0n) is 15.1. The molecule has 1 aromatic carbocycles. The summed E-state index contributed by atoms with van der Waals surface area (Å²) < 4.78 is 2.29. The maximum atomic E-state index is 6.24. The number of halogens is 1. The number of hydrogen-bond acceptors (Lipinski definition) is 5. The van der Waals surface area contributed by atoms with Crippen LogP contribution in [0.1, 0.15) is 42.4 Å². The maximum Gasteiger partial charge on any atom is 0.225 e. The molecule has 1 saturated heterocycles. The number of aryl methyl sites for hydroxylation is 2. The molecular formula is C20H21ClN6. The molecule has 6 nitrogen and oxygen atoms in total. The predicted octanol–water partition coefficient (Wildman–Crippen LogP) is 3.58. The molecule has 2 aliphatic heterocycles. The van der Waals surface area contributed by atoms with Gasteiger partial charge in [0, 0.05) is 42.8 Å². The summed E-state index contributed by atoms with van der Waals surface area (Å²) in [4.78, 5) is 11.0. The molecule has 0 amide bonds. The first-order valence-electron chi connectivity index (χ1n) is 9.54. The fourth-order valence-electron chi connectivity index (χ4n) is 4.22. The molecule has 4 heterocycles. The van der Waals surface area contributed by atoms with Crippen molar-refractivity contribution in [3.05, 3.63) is 58.9 Å². The van der Waals surface area contributed by atoms with Crippen molar-refractivity contribution in [2.75, 3.05) is 18.0 Å². The SMILES string of the molecule is Clc1ccc2c(c1)CCCc1nnc(C3CCN(c4ncccn4)CC3)n1-2. The zero-order chi connectivity index (χ0) is 18.2. The Labute approximate surface area is 163 Å². The third-order valence-electron chi connectivity index (χ3n) is 5.58. The molecule has 7 heteroatoms. The van der Waals surface area contributed by atoms with E-state index in [1.54, 1.807) is 12.4 Å². The average molecular weight is 381 g/mol. The summed E-state index contributed by atoms with van der Waals surface area (Å²) in [5.74, 6) is 3.37. The van der Waals surface area contributed by atoms with Gasteiger partial charge in [-0.1, -0.05) is 11.6 Å². The third-order valence-corrected chi connectivity index (χ3v) is 5.81. The zero-order valence-corrected chi connectivity index (χ0v) is 15.8. The van der Waals surface area contributed by atoms with Crippen LogP contribution < -0.4 is 4.90 Å². The van der Waals surface area contributed by atoms with Crippen molar-refractivity contribution in [1.29, 1.82) is 0 Å². The van der Waals surface area contributed by atoms with Gasteiger partial charge in [0.25, 0.3) is 0 Å². The molecule has 0 aliphatic carbocycles. The molecule has 0 bridgehead atoms. The standard InChI is InChI=1S/C20H21ClN6/c21-16-5-6-17-15(13-16)3-1-4-18-24-25-19(27(17)18)14-7-11-26(12-8-14)20-22-9-2-10-23-20/h2,5-6,9-10,13-14H,1,3-4,7-8,11-12H2. The van der Waals surface area contributed by atoms with Crippen LogP contribution >= 0.6 is 11.6 Å². The highest BCUT2D eigenvalue weighted by Crippen LogP contribution is 2.33. The van der Waals surface area contributed by atoms with Crippen LogP contribution in [0.15, 0.2) is 36.7 Å². The number of fused-ring (bicyclic) bond motifs is 3. The largest absolute Gasteiger partial charge is 0.341 e. The average Bonchev–Trinajstić information content (AvgIpc) is 3.04. The number of benzene rings is 1. The van der Waals surface area contributed by atoms with E-state index in [9.17, 15) is 0 Å². The number of aromatic nitrogens is 5. The third kappa shape index (κ3) is 3.08. The summed E-state index contributed by atoms with van der Waals surface area (Å²) in [5.41, 5.74) is 2.48. The Morgan fingerprint density at radius 3 is 2.63 bits per heavy atom. The number of piperidine rings is 1. The van der Waals surface area contributed by atoms with E-state index in [0.29, 0.717) is 5.92 Å². The molecule has 1 fully saturated rings. The Morgan fingerprint density at radius 1 is 1.00 bits per heavy atom. The lowest BCUT2D eigenvalue weighted by atomic mass is 9.95. The summed E-state index contributed by atoms with van der Waals surface area (Å²) >= 11 is 6.24. The molecule has 3 aromatic rings. The van der Waals surface area contributed by atoms with E-state index in [2.05, 4.69) is 41.8 Å². The molecule has 2 aromatic heterocycles. The molecule has 2 aliphatic rings. The Kier molecular flexibility index (Phi) is 4.28. The second-order valence-electron chi connectivity index (χ2n) is 7.25. The van der Waals surface area contributed by atoms with Gasteiger partial charge in [-0.3, -0.25) is 4.57 Å². The van der Waals surface area contributed by atoms with Crippen molar-refractivity contribution in [2.24, 2.45) is 0 Å². The molecule has 0 radical (unpaired) electrons. The Bertz CT molecular complexity index is 946. The van der Waals surface area contributed by atoms with E-state index in [1.807, 2.05) is 12.1 Å². The number of rotatable bonds is 2. The first-order chi connectivity index (χ1) is 13.3. The van der Waals surface area contributed by atoms with Gasteiger partial charge in [-0.05, 0) is 55.5 Å². The van der Waals surface area contributed by atoms with Crippen LogP contribution in [0.4, 0.5) is 5.95 Å². The van der Waals surface area contributed by atoms with E-state index < -0.39 is 0 Å². The summed E-state index contributed by atoms with van der Waals surface area (Å²) in [5, 5.41) is 9.94. The molecule has 27 heavy (non-hydrogen) atoms. The van der Waals surface area contributed by atoms with Gasteiger partial charge in [-0.2, -0.15) is 0 Å². The minimum absolute atomic E-state index is 0.396. The number of anilines is 1. The second kappa shape index (κ2) is 6.93. The molecule has 0 atom stereocenters. The van der Waals surface area contributed by atoms with Crippen LogP contribution in [-0.2, 0) is 12.8 Å².